The maximum Gasteiger partial charge on any atom is 0.574 e. The standard InChI is InChI=1S/C8H9F3N2O3/c1-15-6-4(2-12)5(14)3-13-7(6)16-8(9,10)11/h3,14H,2,12H2,1H3. The van der Waals surface area contributed by atoms with Gasteiger partial charge in [0, 0.05) is 6.54 Å². The lowest BCUT2D eigenvalue weighted by molar-refractivity contribution is -0.276. The number of nitrogens with zero attached hydrogens (tertiary/aromatic N) is 1. The number of hydrogen-bond acceptors (Lipinski definition) is 5. The van der Waals surface area contributed by atoms with E-state index in [1.54, 1.807) is 0 Å². The highest BCUT2D eigenvalue weighted by Gasteiger charge is 2.34. The molecule has 1 aromatic rings. The van der Waals surface area contributed by atoms with Crippen LogP contribution in [-0.2, 0) is 6.54 Å². The molecule has 0 aliphatic carbocycles. The van der Waals surface area contributed by atoms with Crippen LogP contribution in [0.5, 0.6) is 17.4 Å². The van der Waals surface area contributed by atoms with Gasteiger partial charge < -0.3 is 20.3 Å². The van der Waals surface area contributed by atoms with E-state index >= 15 is 0 Å². The number of ether oxygens (including phenoxy) is 2. The van der Waals surface area contributed by atoms with Crippen molar-refractivity contribution < 1.29 is 27.8 Å². The van der Waals surface area contributed by atoms with Gasteiger partial charge >= 0.3 is 6.36 Å². The average Bonchev–Trinajstić information content (AvgIpc) is 2.18. The molecule has 0 aliphatic heterocycles. The third-order valence-corrected chi connectivity index (χ3v) is 1.70. The third kappa shape index (κ3) is 2.66. The van der Waals surface area contributed by atoms with E-state index in [0.717, 1.165) is 13.3 Å². The predicted octanol–water partition coefficient (Wildman–Crippen LogP) is 1.15. The van der Waals surface area contributed by atoms with Gasteiger partial charge in [-0.1, -0.05) is 0 Å². The molecule has 0 bridgehead atoms. The lowest BCUT2D eigenvalue weighted by Crippen LogP contribution is -2.19. The fraction of sp³-hybridized carbons (Fsp3) is 0.375. The number of methoxy groups -OCH3 is 1. The van der Waals surface area contributed by atoms with Gasteiger partial charge in [0.05, 0.1) is 18.9 Å². The Morgan fingerprint density at radius 3 is 2.56 bits per heavy atom. The monoisotopic (exact) mass is 238 g/mol. The minimum atomic E-state index is -4.89. The SMILES string of the molecule is COc1c(OC(F)(F)F)ncc(O)c1CN. The molecule has 0 saturated heterocycles. The number of aromatic hydroxyl groups is 1. The highest BCUT2D eigenvalue weighted by molar-refractivity contribution is 5.48. The van der Waals surface area contributed by atoms with Gasteiger partial charge in [-0.2, -0.15) is 0 Å². The summed E-state index contributed by atoms with van der Waals surface area (Å²) in [5.41, 5.74) is 5.25. The molecule has 1 heterocycles. The number of aromatic nitrogens is 1. The molecular weight excluding hydrogens is 229 g/mol. The van der Waals surface area contributed by atoms with E-state index in [1.165, 1.54) is 0 Å². The Morgan fingerprint density at radius 2 is 2.12 bits per heavy atom. The molecule has 0 amide bonds. The number of hydrogen-bond donors (Lipinski definition) is 2. The Labute approximate surface area is 88.6 Å². The molecule has 0 fully saturated rings. The molecule has 0 aliphatic rings. The number of alkyl halides is 3. The summed E-state index contributed by atoms with van der Waals surface area (Å²) < 4.78 is 44.2. The van der Waals surface area contributed by atoms with Gasteiger partial charge in [-0.15, -0.1) is 13.2 Å². The van der Waals surface area contributed by atoms with Crippen molar-refractivity contribution in [2.75, 3.05) is 7.11 Å². The summed E-state index contributed by atoms with van der Waals surface area (Å²) in [6, 6.07) is 0. The van der Waals surface area contributed by atoms with Crippen molar-refractivity contribution >= 4 is 0 Å². The molecule has 0 atom stereocenters. The van der Waals surface area contributed by atoms with E-state index in [1.807, 2.05) is 0 Å². The Morgan fingerprint density at radius 1 is 1.50 bits per heavy atom. The number of pyridine rings is 1. The highest BCUT2D eigenvalue weighted by atomic mass is 19.4. The average molecular weight is 238 g/mol. The Kier molecular flexibility index (Phi) is 3.43. The minimum absolute atomic E-state index is 0.00301. The van der Waals surface area contributed by atoms with Crippen LogP contribution in [0.1, 0.15) is 5.56 Å². The van der Waals surface area contributed by atoms with Gasteiger partial charge in [-0.05, 0) is 0 Å². The fourth-order valence-electron chi connectivity index (χ4n) is 1.09. The van der Waals surface area contributed by atoms with Crippen LogP contribution in [0.2, 0.25) is 0 Å². The molecule has 3 N–H and O–H groups in total. The van der Waals surface area contributed by atoms with Crippen molar-refractivity contribution in [2.24, 2.45) is 5.73 Å². The van der Waals surface area contributed by atoms with Gasteiger partial charge in [-0.25, -0.2) is 4.98 Å². The maximum absolute atomic E-state index is 12.0. The van der Waals surface area contributed by atoms with Crippen LogP contribution < -0.4 is 15.2 Å². The summed E-state index contributed by atoms with van der Waals surface area (Å²) in [5, 5.41) is 9.29. The minimum Gasteiger partial charge on any atom is -0.506 e. The highest BCUT2D eigenvalue weighted by Crippen LogP contribution is 2.36. The van der Waals surface area contributed by atoms with E-state index in [0.29, 0.717) is 0 Å². The van der Waals surface area contributed by atoms with E-state index in [4.69, 9.17) is 5.73 Å². The summed E-state index contributed by atoms with van der Waals surface area (Å²) in [7, 11) is 1.12. The first kappa shape index (κ1) is 12.4. The smallest absolute Gasteiger partial charge is 0.506 e. The Balaban J connectivity index is 3.19. The molecule has 0 unspecified atom stereocenters. The van der Waals surface area contributed by atoms with Crippen LogP contribution in [0.15, 0.2) is 6.20 Å². The first-order valence-electron chi connectivity index (χ1n) is 4.09. The molecule has 5 nitrogen and oxygen atoms in total. The van der Waals surface area contributed by atoms with E-state index in [-0.39, 0.29) is 23.6 Å². The summed E-state index contributed by atoms with van der Waals surface area (Å²) in [6.07, 6.45) is -4.07. The van der Waals surface area contributed by atoms with Crippen LogP contribution in [0.3, 0.4) is 0 Å². The predicted molar refractivity (Wildman–Crippen MR) is 47.0 cm³/mol. The Bertz CT molecular complexity index is 382. The van der Waals surface area contributed by atoms with Gasteiger partial charge in [0.25, 0.3) is 5.88 Å². The second kappa shape index (κ2) is 4.44. The van der Waals surface area contributed by atoms with Gasteiger partial charge in [0.2, 0.25) is 0 Å². The molecule has 1 rings (SSSR count). The molecule has 0 saturated carbocycles. The number of rotatable bonds is 3. The third-order valence-electron chi connectivity index (χ3n) is 1.70. The summed E-state index contributed by atoms with van der Waals surface area (Å²) in [4.78, 5) is 3.27. The summed E-state index contributed by atoms with van der Waals surface area (Å²) in [5.74, 6) is -1.47. The molecule has 90 valence electrons. The van der Waals surface area contributed by atoms with Crippen molar-refractivity contribution in [1.82, 2.24) is 4.98 Å². The molecule has 0 spiro atoms. The maximum atomic E-state index is 12.0. The van der Waals surface area contributed by atoms with Gasteiger partial charge in [-0.3, -0.25) is 0 Å². The molecule has 1 aromatic heterocycles. The van der Waals surface area contributed by atoms with Crippen LogP contribution in [0, 0.1) is 0 Å². The molecule has 0 radical (unpaired) electrons. The van der Waals surface area contributed by atoms with E-state index < -0.39 is 12.2 Å². The van der Waals surface area contributed by atoms with Crippen LogP contribution in [0.25, 0.3) is 0 Å². The quantitative estimate of drug-likeness (QED) is 0.826. The van der Waals surface area contributed by atoms with Crippen molar-refractivity contribution in [1.29, 1.82) is 0 Å². The van der Waals surface area contributed by atoms with Crippen molar-refractivity contribution in [2.45, 2.75) is 12.9 Å². The topological polar surface area (TPSA) is 77.6 Å². The normalized spacial score (nSPS) is 11.3. The van der Waals surface area contributed by atoms with Crippen LogP contribution >= 0.6 is 0 Å². The zero-order chi connectivity index (χ0) is 12.3. The number of nitrogens with two attached hydrogens (primary N) is 1. The largest absolute Gasteiger partial charge is 0.574 e. The molecule has 0 aromatic carbocycles. The Hall–Kier alpha value is -1.70. The summed E-state index contributed by atoms with van der Waals surface area (Å²) >= 11 is 0. The molecule has 8 heteroatoms. The van der Waals surface area contributed by atoms with Crippen LogP contribution in [-0.4, -0.2) is 23.6 Å². The zero-order valence-corrected chi connectivity index (χ0v) is 8.21. The van der Waals surface area contributed by atoms with Crippen molar-refractivity contribution in [3.05, 3.63) is 11.8 Å². The van der Waals surface area contributed by atoms with E-state index in [2.05, 4.69) is 14.5 Å². The van der Waals surface area contributed by atoms with Crippen LogP contribution in [0.4, 0.5) is 13.2 Å². The number of halogens is 3. The van der Waals surface area contributed by atoms with E-state index in [9.17, 15) is 18.3 Å². The fourth-order valence-corrected chi connectivity index (χ4v) is 1.09. The lowest BCUT2D eigenvalue weighted by atomic mass is 10.2. The second-order valence-corrected chi connectivity index (χ2v) is 2.71. The summed E-state index contributed by atoms with van der Waals surface area (Å²) in [6.45, 7) is -0.203. The molecular formula is C8H9F3N2O3. The second-order valence-electron chi connectivity index (χ2n) is 2.71. The molecule has 16 heavy (non-hydrogen) atoms. The first-order valence-corrected chi connectivity index (χ1v) is 4.09. The first-order chi connectivity index (χ1) is 7.39. The van der Waals surface area contributed by atoms with Crippen molar-refractivity contribution in [3.8, 4) is 17.4 Å². The van der Waals surface area contributed by atoms with Crippen molar-refractivity contribution in [3.63, 3.8) is 0 Å². The lowest BCUT2D eigenvalue weighted by Gasteiger charge is -2.14. The van der Waals surface area contributed by atoms with Gasteiger partial charge in [0.15, 0.2) is 5.75 Å². The van der Waals surface area contributed by atoms with Gasteiger partial charge in [0.1, 0.15) is 5.75 Å². The zero-order valence-electron chi connectivity index (χ0n) is 8.21.